The second-order valence-electron chi connectivity index (χ2n) is 6.43. The zero-order valence-electron chi connectivity index (χ0n) is 10.3. The first-order valence-electron chi connectivity index (χ1n) is 6.57. The average Bonchev–Trinajstić information content (AvgIpc) is 2.41. The molecule has 2 atom stereocenters. The molecule has 1 spiro atoms. The smallest absolute Gasteiger partial charge is 0.0264 e. The highest BCUT2D eigenvalue weighted by Gasteiger charge is 2.52. The van der Waals surface area contributed by atoms with Crippen molar-refractivity contribution < 1.29 is 0 Å². The molecule has 0 bridgehead atoms. The van der Waals surface area contributed by atoms with Gasteiger partial charge in [-0.3, -0.25) is 0 Å². The third kappa shape index (κ3) is 1.42. The summed E-state index contributed by atoms with van der Waals surface area (Å²) in [7, 11) is 0. The Labute approximate surface area is 89.5 Å². The summed E-state index contributed by atoms with van der Waals surface area (Å²) in [5.74, 6) is 3.87. The third-order valence-electron chi connectivity index (χ3n) is 5.07. The monoisotopic (exact) mass is 194 g/mol. The van der Waals surface area contributed by atoms with E-state index < -0.39 is 0 Å². The van der Waals surface area contributed by atoms with Crippen LogP contribution in [0.2, 0.25) is 0 Å². The summed E-state index contributed by atoms with van der Waals surface area (Å²) >= 11 is 0. The molecule has 0 N–H and O–H groups in total. The molecule has 14 heavy (non-hydrogen) atoms. The van der Waals surface area contributed by atoms with Crippen molar-refractivity contribution in [1.82, 2.24) is 0 Å². The first-order valence-corrected chi connectivity index (χ1v) is 6.57. The van der Waals surface area contributed by atoms with Crippen LogP contribution in [0, 0.1) is 29.1 Å². The molecule has 0 saturated heterocycles. The molecule has 0 nitrogen and oxygen atoms in total. The zero-order valence-corrected chi connectivity index (χ0v) is 10.3. The molecule has 2 fully saturated rings. The molecular formula is C14H26. The molecule has 0 radical (unpaired) electrons. The zero-order chi connectivity index (χ0) is 10.3. The quantitative estimate of drug-likeness (QED) is 0.607. The summed E-state index contributed by atoms with van der Waals surface area (Å²) in [6, 6.07) is 0. The fourth-order valence-electron chi connectivity index (χ4n) is 4.42. The lowest BCUT2D eigenvalue weighted by Gasteiger charge is -2.47. The van der Waals surface area contributed by atoms with Gasteiger partial charge in [0.1, 0.15) is 0 Å². The first-order chi connectivity index (χ1) is 6.57. The topological polar surface area (TPSA) is 0 Å². The lowest BCUT2D eigenvalue weighted by molar-refractivity contribution is 0.0228. The Morgan fingerprint density at radius 2 is 1.57 bits per heavy atom. The highest BCUT2D eigenvalue weighted by molar-refractivity contribution is 5.02. The lowest BCUT2D eigenvalue weighted by Crippen LogP contribution is -2.39. The minimum Gasteiger partial charge on any atom is -0.0625 e. The van der Waals surface area contributed by atoms with E-state index in [1.54, 1.807) is 19.3 Å². The van der Waals surface area contributed by atoms with Crippen molar-refractivity contribution in [1.29, 1.82) is 0 Å². The Bertz CT molecular complexity index is 198. The van der Waals surface area contributed by atoms with Gasteiger partial charge in [-0.15, -0.1) is 0 Å². The van der Waals surface area contributed by atoms with E-state index >= 15 is 0 Å². The molecule has 0 heteroatoms. The second kappa shape index (κ2) is 3.54. The Morgan fingerprint density at radius 3 is 1.93 bits per heavy atom. The van der Waals surface area contributed by atoms with E-state index in [9.17, 15) is 0 Å². The minimum absolute atomic E-state index is 0.809. The van der Waals surface area contributed by atoms with Crippen molar-refractivity contribution in [2.24, 2.45) is 29.1 Å². The molecular weight excluding hydrogens is 168 g/mol. The average molecular weight is 194 g/mol. The van der Waals surface area contributed by atoms with Crippen LogP contribution in [0.15, 0.2) is 0 Å². The normalized spacial score (nSPS) is 35.6. The van der Waals surface area contributed by atoms with Crippen molar-refractivity contribution in [2.45, 2.75) is 59.8 Å². The van der Waals surface area contributed by atoms with Crippen molar-refractivity contribution in [2.75, 3.05) is 0 Å². The highest BCUT2D eigenvalue weighted by atomic mass is 14.6. The van der Waals surface area contributed by atoms with E-state index in [1.807, 2.05) is 0 Å². The molecule has 0 aromatic carbocycles. The third-order valence-corrected chi connectivity index (χ3v) is 5.07. The van der Waals surface area contributed by atoms with E-state index in [2.05, 4.69) is 27.7 Å². The molecule has 0 amide bonds. The van der Waals surface area contributed by atoms with Crippen LogP contribution in [0.1, 0.15) is 59.8 Å². The molecule has 0 aromatic heterocycles. The first kappa shape index (κ1) is 10.5. The van der Waals surface area contributed by atoms with Crippen LogP contribution in [0.5, 0.6) is 0 Å². The van der Waals surface area contributed by atoms with Crippen molar-refractivity contribution in [3.8, 4) is 0 Å². The van der Waals surface area contributed by atoms with Crippen LogP contribution in [0.4, 0.5) is 0 Å². The van der Waals surface area contributed by atoms with Crippen molar-refractivity contribution in [3.05, 3.63) is 0 Å². The fraction of sp³-hybridized carbons (Fsp3) is 1.00. The molecule has 2 aliphatic carbocycles. The Morgan fingerprint density at radius 1 is 0.929 bits per heavy atom. The van der Waals surface area contributed by atoms with Gasteiger partial charge in [-0.1, -0.05) is 34.1 Å². The van der Waals surface area contributed by atoms with Gasteiger partial charge < -0.3 is 0 Å². The number of hydrogen-bond donors (Lipinski definition) is 0. The van der Waals surface area contributed by atoms with Crippen LogP contribution >= 0.6 is 0 Å². The second-order valence-corrected chi connectivity index (χ2v) is 6.43. The van der Waals surface area contributed by atoms with Gasteiger partial charge in [0.2, 0.25) is 0 Å². The van der Waals surface area contributed by atoms with Crippen LogP contribution in [-0.4, -0.2) is 0 Å². The van der Waals surface area contributed by atoms with Crippen molar-refractivity contribution in [3.63, 3.8) is 0 Å². The molecule has 0 aliphatic heterocycles. The lowest BCUT2D eigenvalue weighted by atomic mass is 9.58. The fourth-order valence-corrected chi connectivity index (χ4v) is 4.42. The standard InChI is InChI=1S/C14H26/c1-10(2)12-6-9-14(7-5-8-14)13(12)11(3)4/h10-13H,5-9H2,1-4H3. The largest absolute Gasteiger partial charge is 0.0625 e. The van der Waals surface area contributed by atoms with Crippen LogP contribution in [0.25, 0.3) is 0 Å². The number of rotatable bonds is 2. The van der Waals surface area contributed by atoms with Crippen LogP contribution in [0.3, 0.4) is 0 Å². The van der Waals surface area contributed by atoms with Gasteiger partial charge in [0.25, 0.3) is 0 Å². The maximum absolute atomic E-state index is 2.45. The Kier molecular flexibility index (Phi) is 2.66. The molecule has 0 aromatic rings. The summed E-state index contributed by atoms with van der Waals surface area (Å²) in [5.41, 5.74) is 0.809. The number of hydrogen-bond acceptors (Lipinski definition) is 0. The predicted molar refractivity (Wildman–Crippen MR) is 62.2 cm³/mol. The molecule has 2 unspecified atom stereocenters. The van der Waals surface area contributed by atoms with Gasteiger partial charge in [-0.2, -0.15) is 0 Å². The van der Waals surface area contributed by atoms with Gasteiger partial charge in [-0.25, -0.2) is 0 Å². The van der Waals surface area contributed by atoms with Gasteiger partial charge in [0.15, 0.2) is 0 Å². The summed E-state index contributed by atoms with van der Waals surface area (Å²) < 4.78 is 0. The van der Waals surface area contributed by atoms with Crippen molar-refractivity contribution >= 4 is 0 Å². The maximum atomic E-state index is 2.45. The molecule has 2 saturated carbocycles. The van der Waals surface area contributed by atoms with Gasteiger partial charge in [0, 0.05) is 0 Å². The van der Waals surface area contributed by atoms with Crippen LogP contribution in [-0.2, 0) is 0 Å². The molecule has 82 valence electrons. The van der Waals surface area contributed by atoms with E-state index in [0.29, 0.717) is 0 Å². The maximum Gasteiger partial charge on any atom is -0.0264 e. The summed E-state index contributed by atoms with van der Waals surface area (Å²) in [5, 5.41) is 0. The Balaban J connectivity index is 2.16. The summed E-state index contributed by atoms with van der Waals surface area (Å²) in [6.45, 7) is 9.76. The van der Waals surface area contributed by atoms with Gasteiger partial charge in [0.05, 0.1) is 0 Å². The van der Waals surface area contributed by atoms with Gasteiger partial charge in [-0.05, 0) is 54.8 Å². The van der Waals surface area contributed by atoms with E-state index in [0.717, 1.165) is 29.1 Å². The minimum atomic E-state index is 0.809. The molecule has 0 heterocycles. The van der Waals surface area contributed by atoms with Gasteiger partial charge >= 0.3 is 0 Å². The SMILES string of the molecule is CC(C)C1CCC2(CCC2)C1C(C)C. The van der Waals surface area contributed by atoms with Crippen LogP contribution < -0.4 is 0 Å². The van der Waals surface area contributed by atoms with E-state index in [-0.39, 0.29) is 0 Å². The Hall–Kier alpha value is 0. The summed E-state index contributed by atoms with van der Waals surface area (Å²) in [6.07, 6.45) is 7.64. The summed E-state index contributed by atoms with van der Waals surface area (Å²) in [4.78, 5) is 0. The predicted octanol–water partition coefficient (Wildman–Crippen LogP) is 4.49. The highest BCUT2D eigenvalue weighted by Crippen LogP contribution is 2.62. The van der Waals surface area contributed by atoms with E-state index in [4.69, 9.17) is 0 Å². The molecule has 2 aliphatic rings. The van der Waals surface area contributed by atoms with E-state index in [1.165, 1.54) is 12.8 Å². The molecule has 2 rings (SSSR count).